The van der Waals surface area contributed by atoms with E-state index in [9.17, 15) is 28.8 Å². The molecule has 0 aliphatic heterocycles. The van der Waals surface area contributed by atoms with Crippen LogP contribution in [-0.4, -0.2) is 34.7 Å². The first-order chi connectivity index (χ1) is 17.1. The molecule has 37 heavy (non-hydrogen) atoms. The predicted molar refractivity (Wildman–Crippen MR) is 137 cm³/mol. The van der Waals surface area contributed by atoms with Crippen LogP contribution < -0.4 is 0 Å². The van der Waals surface area contributed by atoms with E-state index in [0.717, 1.165) is 19.3 Å². The molecule has 0 amide bonds. The molecule has 0 heterocycles. The topological polar surface area (TPSA) is 102 Å². The van der Waals surface area contributed by atoms with Crippen molar-refractivity contribution in [2.45, 2.75) is 20.8 Å². The number of hydrogen-bond donors (Lipinski definition) is 0. The maximum Gasteiger partial charge on any atom is 3.00 e. The summed E-state index contributed by atoms with van der Waals surface area (Å²) < 4.78 is 0. The molecule has 3 aromatic rings. The molecule has 0 atom stereocenters. The molecule has 0 radical (unpaired) electrons. The molecule has 0 saturated heterocycles. The van der Waals surface area contributed by atoms with Crippen LogP contribution in [0.1, 0.15) is 51.8 Å². The molecule has 0 saturated carbocycles. The minimum atomic E-state index is -0.233. The van der Waals surface area contributed by atoms with Gasteiger partial charge in [0.2, 0.25) is 0 Å². The Morgan fingerprint density at radius 2 is 0.595 bits per heavy atom. The standard InChI is InChI=1S/3C10H9O2.La/c3*1-8(11)7-10(12)9-5-3-2-4-6-9;/h3*2-7H,1H3;/q3*-1;+3. The van der Waals surface area contributed by atoms with E-state index < -0.39 is 0 Å². The number of benzene rings is 3. The number of ketones is 6. The predicted octanol–water partition coefficient (Wildman–Crippen LogP) is 4.99. The second kappa shape index (κ2) is 18.7. The SMILES string of the molecule is CC(=O)[CH-]C(=O)c1ccccc1.CC(=O)[CH-]C(=O)c1ccccc1.CC(=O)[CH-]C(=O)c1ccccc1.[La+3]. The average Bonchev–Trinajstić information content (AvgIpc) is 2.85. The van der Waals surface area contributed by atoms with Crippen LogP contribution in [0.2, 0.25) is 0 Å². The van der Waals surface area contributed by atoms with E-state index in [4.69, 9.17) is 0 Å². The van der Waals surface area contributed by atoms with E-state index in [2.05, 4.69) is 0 Å². The van der Waals surface area contributed by atoms with E-state index >= 15 is 0 Å². The van der Waals surface area contributed by atoms with Gasteiger partial charge in [-0.2, -0.15) is 0 Å². The molecule has 0 unspecified atom stereocenters. The Kier molecular flexibility index (Phi) is 16.9. The van der Waals surface area contributed by atoms with Gasteiger partial charge in [-0.05, 0) is 20.8 Å². The van der Waals surface area contributed by atoms with Crippen molar-refractivity contribution >= 4 is 34.7 Å². The Balaban J connectivity index is 0.000000518. The minimum absolute atomic E-state index is 0. The van der Waals surface area contributed by atoms with Crippen molar-refractivity contribution in [2.75, 3.05) is 0 Å². The molecule has 3 aromatic carbocycles. The second-order valence-electron chi connectivity index (χ2n) is 7.46. The molecule has 7 heteroatoms. The van der Waals surface area contributed by atoms with Crippen LogP contribution >= 0.6 is 0 Å². The maximum atomic E-state index is 11.2. The third-order valence-electron chi connectivity index (χ3n) is 4.18. The van der Waals surface area contributed by atoms with Crippen molar-refractivity contribution in [1.29, 1.82) is 0 Å². The Morgan fingerprint density at radius 3 is 0.757 bits per heavy atom. The zero-order valence-electron chi connectivity index (χ0n) is 20.9. The summed E-state index contributed by atoms with van der Waals surface area (Å²) in [6.45, 7) is 4.09. The van der Waals surface area contributed by atoms with E-state index in [0.29, 0.717) is 16.7 Å². The molecular weight excluding hydrogens is 595 g/mol. The summed E-state index contributed by atoms with van der Waals surface area (Å²) in [6.07, 6.45) is 3.28. The van der Waals surface area contributed by atoms with Gasteiger partial charge in [0, 0.05) is 17.3 Å². The third-order valence-corrected chi connectivity index (χ3v) is 4.18. The summed E-state index contributed by atoms with van der Waals surface area (Å²) in [5.41, 5.74) is 1.65. The Bertz CT molecular complexity index is 1020. The van der Waals surface area contributed by atoms with E-state index in [1.807, 2.05) is 18.2 Å². The van der Waals surface area contributed by atoms with Gasteiger partial charge in [0.05, 0.1) is 17.3 Å². The molecule has 0 fully saturated rings. The largest absolute Gasteiger partial charge is 3.00 e. The van der Waals surface area contributed by atoms with Crippen LogP contribution in [0.25, 0.3) is 0 Å². The molecule has 0 aromatic heterocycles. The van der Waals surface area contributed by atoms with Crippen molar-refractivity contribution < 1.29 is 64.4 Å². The van der Waals surface area contributed by atoms with Crippen molar-refractivity contribution in [2.24, 2.45) is 0 Å². The van der Waals surface area contributed by atoms with Gasteiger partial charge in [-0.3, -0.25) is 0 Å². The van der Waals surface area contributed by atoms with E-state index in [-0.39, 0.29) is 70.3 Å². The zero-order chi connectivity index (χ0) is 26.9. The summed E-state index contributed by atoms with van der Waals surface area (Å²) in [5, 5.41) is 0. The zero-order valence-corrected chi connectivity index (χ0v) is 24.5. The molecule has 0 aliphatic rings. The number of carbonyl (C=O) groups excluding carboxylic acids is 6. The van der Waals surface area contributed by atoms with Crippen LogP contribution in [0.5, 0.6) is 0 Å². The summed E-state index contributed by atoms with van der Waals surface area (Å²) in [7, 11) is 0. The molecule has 3 rings (SSSR count). The summed E-state index contributed by atoms with van der Waals surface area (Å²) >= 11 is 0. The number of hydrogen-bond acceptors (Lipinski definition) is 6. The Hall–Kier alpha value is -3.52. The molecule has 6 nitrogen and oxygen atoms in total. The Morgan fingerprint density at radius 1 is 0.405 bits per heavy atom. The van der Waals surface area contributed by atoms with Crippen molar-refractivity contribution in [3.8, 4) is 0 Å². The first kappa shape index (κ1) is 33.5. The Labute approximate surface area is 245 Å². The maximum absolute atomic E-state index is 11.2. The molecule has 186 valence electrons. The fourth-order valence-corrected chi connectivity index (χ4v) is 2.61. The normalized spacial score (nSPS) is 8.84. The van der Waals surface area contributed by atoms with Crippen molar-refractivity contribution in [3.05, 3.63) is 127 Å². The molecule has 0 N–H and O–H groups in total. The monoisotopic (exact) mass is 622 g/mol. The average molecular weight is 622 g/mol. The van der Waals surface area contributed by atoms with Gasteiger partial charge in [0.15, 0.2) is 0 Å². The van der Waals surface area contributed by atoms with Crippen LogP contribution in [-0.2, 0) is 14.4 Å². The summed E-state index contributed by atoms with van der Waals surface area (Å²) in [6, 6.07) is 26.2. The van der Waals surface area contributed by atoms with Crippen molar-refractivity contribution in [1.82, 2.24) is 0 Å². The van der Waals surface area contributed by atoms with Gasteiger partial charge in [-0.1, -0.05) is 54.6 Å². The van der Waals surface area contributed by atoms with Crippen molar-refractivity contribution in [3.63, 3.8) is 0 Å². The van der Waals surface area contributed by atoms with E-state index in [1.54, 1.807) is 72.8 Å². The fourth-order valence-electron chi connectivity index (χ4n) is 2.61. The first-order valence-corrected chi connectivity index (χ1v) is 10.9. The fraction of sp³-hybridized carbons (Fsp3) is 0.100. The van der Waals surface area contributed by atoms with Gasteiger partial charge in [0.25, 0.3) is 0 Å². The smallest absolute Gasteiger partial charge is 0.331 e. The number of Topliss-reactive ketones (excluding diaryl/α,β-unsaturated/α-hetero) is 6. The first-order valence-electron chi connectivity index (χ1n) is 10.9. The van der Waals surface area contributed by atoms with Crippen LogP contribution in [0.4, 0.5) is 0 Å². The van der Waals surface area contributed by atoms with Gasteiger partial charge >= 0.3 is 35.6 Å². The van der Waals surface area contributed by atoms with Crippen LogP contribution in [0, 0.1) is 54.9 Å². The third kappa shape index (κ3) is 15.3. The second-order valence-corrected chi connectivity index (χ2v) is 7.46. The van der Waals surface area contributed by atoms with Crippen LogP contribution in [0.15, 0.2) is 91.0 Å². The number of carbonyl (C=O) groups is 6. The quantitative estimate of drug-likeness (QED) is 0.190. The summed E-state index contributed by atoms with van der Waals surface area (Å²) in [4.78, 5) is 65.2. The molecule has 0 spiro atoms. The molecule has 0 bridgehead atoms. The minimum Gasteiger partial charge on any atom is -0.331 e. The summed E-state index contributed by atoms with van der Waals surface area (Å²) in [5.74, 6) is -1.36. The van der Waals surface area contributed by atoms with Gasteiger partial charge in [-0.25, -0.2) is 0 Å². The number of rotatable bonds is 9. The molecular formula is C30H27LaO6. The van der Waals surface area contributed by atoms with E-state index in [1.165, 1.54) is 20.8 Å². The van der Waals surface area contributed by atoms with Crippen LogP contribution in [0.3, 0.4) is 0 Å². The van der Waals surface area contributed by atoms with Gasteiger partial charge in [-0.15, -0.1) is 72.4 Å². The van der Waals surface area contributed by atoms with Gasteiger partial charge in [0.1, 0.15) is 0 Å². The molecule has 0 aliphatic carbocycles. The van der Waals surface area contributed by atoms with Gasteiger partial charge < -0.3 is 28.8 Å².